The summed E-state index contributed by atoms with van der Waals surface area (Å²) in [5.74, 6) is 0.879. The van der Waals surface area contributed by atoms with Crippen molar-refractivity contribution in [2.24, 2.45) is 5.73 Å². The second-order valence-electron chi connectivity index (χ2n) is 5.95. The quantitative estimate of drug-likeness (QED) is 0.652. The van der Waals surface area contributed by atoms with Gasteiger partial charge in [0.1, 0.15) is 18.0 Å². The predicted molar refractivity (Wildman–Crippen MR) is 81.0 cm³/mol. The molecule has 21 heavy (non-hydrogen) atoms. The summed E-state index contributed by atoms with van der Waals surface area (Å²) < 4.78 is 2.06. The Labute approximate surface area is 123 Å². The van der Waals surface area contributed by atoms with Crippen molar-refractivity contribution in [1.82, 2.24) is 14.5 Å². The van der Waals surface area contributed by atoms with Crippen LogP contribution in [0.15, 0.2) is 12.4 Å². The molecule has 0 aromatic carbocycles. The highest BCUT2D eigenvalue weighted by Crippen LogP contribution is 2.28. The Morgan fingerprint density at radius 3 is 2.76 bits per heavy atom. The number of nitrogen functional groups attached to an aromatic ring is 1. The van der Waals surface area contributed by atoms with Gasteiger partial charge < -0.3 is 5.73 Å². The number of fused-ring (bicyclic) bond motifs is 2. The fourth-order valence-corrected chi connectivity index (χ4v) is 3.49. The molecule has 0 saturated carbocycles. The fourth-order valence-electron chi connectivity index (χ4n) is 3.49. The Bertz CT molecular complexity index is 729. The molecule has 0 atom stereocenters. The van der Waals surface area contributed by atoms with Crippen LogP contribution in [0.5, 0.6) is 0 Å². The molecule has 4 rings (SSSR count). The molecule has 2 aliphatic carbocycles. The molecule has 5 heteroatoms. The van der Waals surface area contributed by atoms with Crippen LogP contribution in [-0.4, -0.2) is 20.4 Å². The third-order valence-electron chi connectivity index (χ3n) is 4.58. The zero-order chi connectivity index (χ0) is 14.4. The molecule has 0 aliphatic heterocycles. The molecular formula is C16H19N5. The first kappa shape index (κ1) is 12.6. The van der Waals surface area contributed by atoms with Crippen LogP contribution in [0, 0.1) is 5.41 Å². The van der Waals surface area contributed by atoms with Gasteiger partial charge in [0.15, 0.2) is 0 Å². The monoisotopic (exact) mass is 281 g/mol. The highest BCUT2D eigenvalue weighted by molar-refractivity contribution is 5.98. The Morgan fingerprint density at radius 1 is 1.10 bits per heavy atom. The van der Waals surface area contributed by atoms with Gasteiger partial charge in [-0.1, -0.05) is 0 Å². The molecule has 3 N–H and O–H groups in total. The molecule has 108 valence electrons. The van der Waals surface area contributed by atoms with E-state index in [1.54, 1.807) is 0 Å². The summed E-state index contributed by atoms with van der Waals surface area (Å²) >= 11 is 0. The van der Waals surface area contributed by atoms with Gasteiger partial charge in [0.2, 0.25) is 0 Å². The van der Waals surface area contributed by atoms with Gasteiger partial charge in [0.25, 0.3) is 0 Å². The number of hydrogen-bond donors (Lipinski definition) is 2. The number of aryl methyl sites for hydroxylation is 3. The number of pyridine rings is 1. The molecule has 0 bridgehead atoms. The van der Waals surface area contributed by atoms with E-state index >= 15 is 0 Å². The van der Waals surface area contributed by atoms with Gasteiger partial charge in [0.05, 0.1) is 11.3 Å². The predicted octanol–water partition coefficient (Wildman–Crippen LogP) is 1.92. The number of rotatable bonds is 2. The minimum absolute atomic E-state index is 0.0884. The zero-order valence-corrected chi connectivity index (χ0v) is 12.0. The maximum atomic E-state index is 7.89. The Kier molecular flexibility index (Phi) is 2.80. The molecular weight excluding hydrogens is 262 g/mol. The van der Waals surface area contributed by atoms with Crippen molar-refractivity contribution in [3.8, 4) is 5.82 Å². The number of nitrogens with one attached hydrogen (secondary N) is 1. The second kappa shape index (κ2) is 4.69. The first-order valence-electron chi connectivity index (χ1n) is 7.66. The minimum atomic E-state index is 0.0884. The van der Waals surface area contributed by atoms with Crippen LogP contribution in [0.4, 0.5) is 0 Å². The van der Waals surface area contributed by atoms with Gasteiger partial charge in [0, 0.05) is 11.4 Å². The standard InChI is InChI=1S/C16H19N5/c17-15(18)11-8-10-4-3-6-12(10)20-16(11)21-9-19-13-5-1-2-7-14(13)21/h8-9H,1-7H2,(H3,17,18). The van der Waals surface area contributed by atoms with Crippen molar-refractivity contribution >= 4 is 5.84 Å². The number of imidazole rings is 1. The van der Waals surface area contributed by atoms with Crippen molar-refractivity contribution in [3.63, 3.8) is 0 Å². The molecule has 0 amide bonds. The lowest BCUT2D eigenvalue weighted by Gasteiger charge is -2.16. The molecule has 2 aromatic rings. The molecule has 0 saturated heterocycles. The highest BCUT2D eigenvalue weighted by atomic mass is 15.1. The number of nitrogens with two attached hydrogens (primary N) is 1. The van der Waals surface area contributed by atoms with Crippen LogP contribution in [0.25, 0.3) is 5.82 Å². The van der Waals surface area contributed by atoms with Crippen molar-refractivity contribution in [2.75, 3.05) is 0 Å². The summed E-state index contributed by atoms with van der Waals surface area (Å²) in [6.07, 6.45) is 9.55. The van der Waals surface area contributed by atoms with Crippen molar-refractivity contribution in [1.29, 1.82) is 5.41 Å². The molecule has 2 aliphatic rings. The highest BCUT2D eigenvalue weighted by Gasteiger charge is 2.22. The van der Waals surface area contributed by atoms with E-state index in [-0.39, 0.29) is 5.84 Å². The number of hydrogen-bond acceptors (Lipinski definition) is 3. The minimum Gasteiger partial charge on any atom is -0.384 e. The Morgan fingerprint density at radius 2 is 1.90 bits per heavy atom. The molecule has 2 heterocycles. The van der Waals surface area contributed by atoms with E-state index in [1.807, 2.05) is 6.33 Å². The number of aromatic nitrogens is 3. The first-order chi connectivity index (χ1) is 10.2. The maximum Gasteiger partial charge on any atom is 0.149 e. The van der Waals surface area contributed by atoms with Crippen LogP contribution in [-0.2, 0) is 25.7 Å². The van der Waals surface area contributed by atoms with E-state index in [1.165, 1.54) is 29.8 Å². The third kappa shape index (κ3) is 1.95. The summed E-state index contributed by atoms with van der Waals surface area (Å²) in [4.78, 5) is 9.37. The summed E-state index contributed by atoms with van der Waals surface area (Å²) in [5.41, 5.74) is 11.4. The molecule has 5 nitrogen and oxygen atoms in total. The molecule has 0 unspecified atom stereocenters. The Hall–Kier alpha value is -2.17. The SMILES string of the molecule is N=C(N)c1cc2c(nc1-n1cnc3c1CCCC3)CCC2. The van der Waals surface area contributed by atoms with E-state index in [0.717, 1.165) is 49.2 Å². The largest absolute Gasteiger partial charge is 0.384 e. The normalized spacial score (nSPS) is 16.6. The molecule has 0 fully saturated rings. The van der Waals surface area contributed by atoms with Gasteiger partial charge >= 0.3 is 0 Å². The van der Waals surface area contributed by atoms with Gasteiger partial charge in [-0.2, -0.15) is 0 Å². The van der Waals surface area contributed by atoms with Crippen LogP contribution in [0.2, 0.25) is 0 Å². The average Bonchev–Trinajstić information content (AvgIpc) is 3.11. The van der Waals surface area contributed by atoms with Gasteiger partial charge in [-0.25, -0.2) is 9.97 Å². The maximum absolute atomic E-state index is 7.89. The molecule has 0 spiro atoms. The summed E-state index contributed by atoms with van der Waals surface area (Å²) in [5, 5.41) is 7.89. The lowest BCUT2D eigenvalue weighted by Crippen LogP contribution is -2.18. The van der Waals surface area contributed by atoms with Gasteiger partial charge in [-0.3, -0.25) is 9.98 Å². The fraction of sp³-hybridized carbons (Fsp3) is 0.438. The topological polar surface area (TPSA) is 80.6 Å². The number of amidine groups is 1. The van der Waals surface area contributed by atoms with Crippen molar-refractivity contribution in [3.05, 3.63) is 40.6 Å². The Balaban J connectivity index is 1.91. The summed E-state index contributed by atoms with van der Waals surface area (Å²) in [6, 6.07) is 2.06. The number of nitrogens with zero attached hydrogens (tertiary/aromatic N) is 3. The summed E-state index contributed by atoms with van der Waals surface area (Å²) in [6.45, 7) is 0. The first-order valence-corrected chi connectivity index (χ1v) is 7.66. The van der Waals surface area contributed by atoms with Crippen LogP contribution < -0.4 is 5.73 Å². The summed E-state index contributed by atoms with van der Waals surface area (Å²) in [7, 11) is 0. The van der Waals surface area contributed by atoms with E-state index in [4.69, 9.17) is 16.1 Å². The van der Waals surface area contributed by atoms with Crippen molar-refractivity contribution < 1.29 is 0 Å². The van der Waals surface area contributed by atoms with Gasteiger partial charge in [-0.05, 0) is 56.6 Å². The van der Waals surface area contributed by atoms with Crippen molar-refractivity contribution in [2.45, 2.75) is 44.9 Å². The second-order valence-corrected chi connectivity index (χ2v) is 5.95. The van der Waals surface area contributed by atoms with E-state index in [0.29, 0.717) is 0 Å². The van der Waals surface area contributed by atoms with Crippen LogP contribution in [0.3, 0.4) is 0 Å². The van der Waals surface area contributed by atoms with E-state index < -0.39 is 0 Å². The van der Waals surface area contributed by atoms with E-state index in [2.05, 4.69) is 15.6 Å². The van der Waals surface area contributed by atoms with Gasteiger partial charge in [-0.15, -0.1) is 0 Å². The van der Waals surface area contributed by atoms with Crippen LogP contribution >= 0.6 is 0 Å². The van der Waals surface area contributed by atoms with Crippen LogP contribution in [0.1, 0.15) is 47.5 Å². The molecule has 2 aromatic heterocycles. The lowest BCUT2D eigenvalue weighted by molar-refractivity contribution is 0.653. The van der Waals surface area contributed by atoms with E-state index in [9.17, 15) is 0 Å². The smallest absolute Gasteiger partial charge is 0.149 e. The zero-order valence-electron chi connectivity index (χ0n) is 12.0. The lowest BCUT2D eigenvalue weighted by atomic mass is 10.0. The average molecular weight is 281 g/mol. The third-order valence-corrected chi connectivity index (χ3v) is 4.58. The molecule has 0 radical (unpaired) electrons.